The van der Waals surface area contributed by atoms with Crippen LogP contribution < -0.4 is 15.4 Å². The normalized spacial score (nSPS) is 19.7. The number of carbonyl (C=O) groups excluding carboxylic acids is 2. The minimum absolute atomic E-state index is 0.0308. The Kier molecular flexibility index (Phi) is 4.20. The van der Waals surface area contributed by atoms with Crippen molar-refractivity contribution in [3.63, 3.8) is 0 Å². The first-order valence-corrected chi connectivity index (χ1v) is 10.1. The van der Waals surface area contributed by atoms with Gasteiger partial charge in [-0.2, -0.15) is 0 Å². The van der Waals surface area contributed by atoms with Gasteiger partial charge in [0.05, 0.1) is 28.8 Å². The number of hydrogen-bond donors (Lipinski definition) is 2. The van der Waals surface area contributed by atoms with Crippen LogP contribution in [0.15, 0.2) is 70.8 Å². The van der Waals surface area contributed by atoms with Crippen molar-refractivity contribution in [2.24, 2.45) is 5.14 Å². The molecule has 2 heterocycles. The largest absolute Gasteiger partial charge is 0.327 e. The van der Waals surface area contributed by atoms with Crippen LogP contribution in [0.4, 0.5) is 10.5 Å². The molecule has 9 heteroatoms. The molecule has 1 unspecified atom stereocenters. The number of carbonyl (C=O) groups is 2. The Bertz CT molecular complexity index is 1090. The van der Waals surface area contributed by atoms with Crippen LogP contribution in [0.1, 0.15) is 11.6 Å². The van der Waals surface area contributed by atoms with Crippen molar-refractivity contribution >= 4 is 27.6 Å². The van der Waals surface area contributed by atoms with Gasteiger partial charge in [-0.15, -0.1) is 0 Å². The lowest BCUT2D eigenvalue weighted by Gasteiger charge is -2.31. The van der Waals surface area contributed by atoms with Gasteiger partial charge in [-0.1, -0.05) is 30.3 Å². The molecule has 2 aliphatic heterocycles. The lowest BCUT2D eigenvalue weighted by Crippen LogP contribution is -2.45. The first-order chi connectivity index (χ1) is 13.3. The summed E-state index contributed by atoms with van der Waals surface area (Å²) < 4.78 is 22.9. The van der Waals surface area contributed by atoms with E-state index < -0.39 is 16.1 Å². The summed E-state index contributed by atoms with van der Waals surface area (Å²) in [5, 5.41) is 8.00. The van der Waals surface area contributed by atoms with Crippen molar-refractivity contribution in [1.29, 1.82) is 0 Å². The number of nitrogens with one attached hydrogen (secondary N) is 1. The zero-order chi connectivity index (χ0) is 20.1. The molecular weight excluding hydrogens is 380 g/mol. The van der Waals surface area contributed by atoms with E-state index in [1.165, 1.54) is 34.1 Å². The third kappa shape index (κ3) is 2.94. The van der Waals surface area contributed by atoms with Crippen LogP contribution in [0.5, 0.6) is 0 Å². The summed E-state index contributed by atoms with van der Waals surface area (Å²) in [7, 11) is -2.20. The number of nitrogens with zero attached hydrogens (tertiary/aromatic N) is 2. The van der Waals surface area contributed by atoms with Gasteiger partial charge in [-0.3, -0.25) is 9.69 Å². The summed E-state index contributed by atoms with van der Waals surface area (Å²) in [6.45, 7) is 0.218. The fourth-order valence-corrected chi connectivity index (χ4v) is 4.00. The molecule has 0 saturated carbocycles. The Labute approximate surface area is 162 Å². The van der Waals surface area contributed by atoms with E-state index >= 15 is 0 Å². The van der Waals surface area contributed by atoms with E-state index in [0.717, 1.165) is 5.56 Å². The number of nitrogens with two attached hydrogens (primary N) is 1. The molecule has 1 atom stereocenters. The highest BCUT2D eigenvalue weighted by molar-refractivity contribution is 7.89. The molecule has 3 N–H and O–H groups in total. The molecule has 2 aliphatic rings. The Hall–Kier alpha value is -3.17. The molecule has 28 heavy (non-hydrogen) atoms. The number of amides is 3. The zero-order valence-corrected chi connectivity index (χ0v) is 15.8. The van der Waals surface area contributed by atoms with E-state index in [0.29, 0.717) is 17.0 Å². The zero-order valence-electron chi connectivity index (χ0n) is 15.0. The summed E-state index contributed by atoms with van der Waals surface area (Å²) in [6, 6.07) is 14.2. The SMILES string of the molecule is CN1C(=O)NC(c2ccccc2)C2=C1CN(c1ccc(S(N)(=O)=O)cc1)C2=O. The molecule has 0 fully saturated rings. The summed E-state index contributed by atoms with van der Waals surface area (Å²) in [5.41, 5.74) is 2.47. The highest BCUT2D eigenvalue weighted by Gasteiger charge is 2.43. The molecule has 2 aromatic carbocycles. The van der Waals surface area contributed by atoms with Crippen molar-refractivity contribution in [1.82, 2.24) is 10.2 Å². The van der Waals surface area contributed by atoms with Crippen LogP contribution in [0.3, 0.4) is 0 Å². The van der Waals surface area contributed by atoms with E-state index in [1.807, 2.05) is 30.3 Å². The average Bonchev–Trinajstić information content (AvgIpc) is 3.02. The molecule has 0 bridgehead atoms. The van der Waals surface area contributed by atoms with Crippen LogP contribution in [0.2, 0.25) is 0 Å². The van der Waals surface area contributed by atoms with Crippen molar-refractivity contribution in [3.05, 3.63) is 71.4 Å². The number of likely N-dealkylation sites (N-methyl/N-ethyl adjacent to an activating group) is 1. The predicted molar refractivity (Wildman–Crippen MR) is 103 cm³/mol. The maximum atomic E-state index is 13.2. The summed E-state index contributed by atoms with van der Waals surface area (Å²) >= 11 is 0. The molecule has 2 aromatic rings. The van der Waals surface area contributed by atoms with E-state index in [2.05, 4.69) is 5.32 Å². The molecule has 144 valence electrons. The number of sulfonamides is 1. The van der Waals surface area contributed by atoms with Crippen molar-refractivity contribution < 1.29 is 18.0 Å². The van der Waals surface area contributed by atoms with Gasteiger partial charge in [0, 0.05) is 12.7 Å². The molecule has 0 saturated heterocycles. The van der Waals surface area contributed by atoms with Gasteiger partial charge in [-0.25, -0.2) is 18.4 Å². The fraction of sp³-hybridized carbons (Fsp3) is 0.158. The van der Waals surface area contributed by atoms with Crippen molar-refractivity contribution in [2.75, 3.05) is 18.5 Å². The van der Waals surface area contributed by atoms with E-state index in [1.54, 1.807) is 7.05 Å². The third-order valence-electron chi connectivity index (χ3n) is 4.97. The van der Waals surface area contributed by atoms with E-state index in [4.69, 9.17) is 5.14 Å². The lowest BCUT2D eigenvalue weighted by atomic mass is 9.96. The minimum Gasteiger partial charge on any atom is -0.327 e. The van der Waals surface area contributed by atoms with Gasteiger partial charge in [-0.05, 0) is 29.8 Å². The van der Waals surface area contributed by atoms with Gasteiger partial charge in [0.25, 0.3) is 5.91 Å². The lowest BCUT2D eigenvalue weighted by molar-refractivity contribution is -0.114. The Morgan fingerprint density at radius 1 is 1.04 bits per heavy atom. The van der Waals surface area contributed by atoms with Crippen molar-refractivity contribution in [2.45, 2.75) is 10.9 Å². The topological polar surface area (TPSA) is 113 Å². The quantitative estimate of drug-likeness (QED) is 0.812. The molecular formula is C19H18N4O4S. The summed E-state index contributed by atoms with van der Waals surface area (Å²) in [5.74, 6) is -0.237. The number of primary sulfonamides is 1. The number of benzene rings is 2. The van der Waals surface area contributed by atoms with Crippen LogP contribution in [0.25, 0.3) is 0 Å². The number of rotatable bonds is 3. The van der Waals surface area contributed by atoms with Gasteiger partial charge in [0.15, 0.2) is 0 Å². The van der Waals surface area contributed by atoms with Crippen LogP contribution in [-0.4, -0.2) is 38.8 Å². The van der Waals surface area contributed by atoms with Crippen molar-refractivity contribution in [3.8, 4) is 0 Å². The molecule has 0 aliphatic carbocycles. The van der Waals surface area contributed by atoms with Gasteiger partial charge >= 0.3 is 6.03 Å². The van der Waals surface area contributed by atoms with Crippen LogP contribution in [-0.2, 0) is 14.8 Å². The second-order valence-electron chi connectivity index (χ2n) is 6.64. The molecule has 0 aromatic heterocycles. The highest BCUT2D eigenvalue weighted by Crippen LogP contribution is 2.37. The smallest absolute Gasteiger partial charge is 0.322 e. The first kappa shape index (κ1) is 18.2. The monoisotopic (exact) mass is 398 g/mol. The van der Waals surface area contributed by atoms with Gasteiger partial charge in [0.2, 0.25) is 10.0 Å². The average molecular weight is 398 g/mol. The molecule has 0 radical (unpaired) electrons. The second-order valence-corrected chi connectivity index (χ2v) is 8.20. The van der Waals surface area contributed by atoms with Gasteiger partial charge in [0.1, 0.15) is 0 Å². The Balaban J connectivity index is 1.72. The molecule has 0 spiro atoms. The van der Waals surface area contributed by atoms with Crippen LogP contribution >= 0.6 is 0 Å². The van der Waals surface area contributed by atoms with Gasteiger partial charge < -0.3 is 10.2 Å². The molecule has 4 rings (SSSR count). The number of anilines is 1. The highest BCUT2D eigenvalue weighted by atomic mass is 32.2. The molecule has 3 amide bonds. The maximum absolute atomic E-state index is 13.2. The number of hydrogen-bond acceptors (Lipinski definition) is 4. The van der Waals surface area contributed by atoms with E-state index in [-0.39, 0.29) is 23.4 Å². The van der Waals surface area contributed by atoms with E-state index in [9.17, 15) is 18.0 Å². The molecule has 8 nitrogen and oxygen atoms in total. The summed E-state index contributed by atoms with van der Waals surface area (Å²) in [6.07, 6.45) is 0. The third-order valence-corrected chi connectivity index (χ3v) is 5.90. The Morgan fingerprint density at radius 2 is 1.68 bits per heavy atom. The Morgan fingerprint density at radius 3 is 2.29 bits per heavy atom. The summed E-state index contributed by atoms with van der Waals surface area (Å²) in [4.78, 5) is 28.5. The van der Waals surface area contributed by atoms with Crippen LogP contribution in [0, 0.1) is 0 Å². The predicted octanol–water partition coefficient (Wildman–Crippen LogP) is 1.33. The fourth-order valence-electron chi connectivity index (χ4n) is 3.49. The number of urea groups is 1. The maximum Gasteiger partial charge on any atom is 0.322 e. The standard InChI is InChI=1S/C19H18N4O4S/c1-22-15-11-23(13-7-9-14(10-8-13)28(20,26)27)18(24)16(15)17(21-19(22)25)12-5-3-2-4-6-12/h2-10,17H,11H2,1H3,(H,21,25)(H2,20,26,27). The second kappa shape index (κ2) is 6.47. The first-order valence-electron chi connectivity index (χ1n) is 8.54. The minimum atomic E-state index is -3.82.